The van der Waals surface area contributed by atoms with Crippen LogP contribution in [0.3, 0.4) is 0 Å². The van der Waals surface area contributed by atoms with Gasteiger partial charge in [0.05, 0.1) is 18.6 Å². The minimum Gasteiger partial charge on any atom is -0.378 e. The van der Waals surface area contributed by atoms with Crippen molar-refractivity contribution in [1.29, 1.82) is 0 Å². The molecule has 0 saturated carbocycles. The zero-order chi connectivity index (χ0) is 5.98. The average Bonchev–Trinajstić information content (AvgIpc) is 1.77. The molecule has 1 fully saturated rings. The van der Waals surface area contributed by atoms with Crippen molar-refractivity contribution in [2.24, 2.45) is 0 Å². The predicted octanol–water partition coefficient (Wildman–Crippen LogP) is 0.366. The molecule has 0 aliphatic carbocycles. The molecule has 8 heavy (non-hydrogen) atoms. The highest BCUT2D eigenvalue weighted by molar-refractivity contribution is 7.80. The van der Waals surface area contributed by atoms with Gasteiger partial charge in [-0.1, -0.05) is 0 Å². The third kappa shape index (κ3) is 1.37. The summed E-state index contributed by atoms with van der Waals surface area (Å²) in [4.78, 5) is 1.92. The fourth-order valence-corrected chi connectivity index (χ4v) is 0.846. The van der Waals surface area contributed by atoms with Crippen molar-refractivity contribution >= 4 is 12.6 Å². The Morgan fingerprint density at radius 3 is 2.88 bits per heavy atom. The summed E-state index contributed by atoms with van der Waals surface area (Å²) in [5.41, 5.74) is 0. The Morgan fingerprint density at radius 2 is 2.50 bits per heavy atom. The van der Waals surface area contributed by atoms with Gasteiger partial charge in [0.15, 0.2) is 0 Å². The van der Waals surface area contributed by atoms with E-state index in [-0.39, 0.29) is 5.37 Å². The van der Waals surface area contributed by atoms with Gasteiger partial charge in [-0.15, -0.1) is 0 Å². The van der Waals surface area contributed by atoms with Gasteiger partial charge in [-0.25, -0.2) is 0 Å². The van der Waals surface area contributed by atoms with E-state index in [1.807, 2.05) is 4.90 Å². The molecule has 1 heterocycles. The average molecular weight is 132 g/mol. The maximum absolute atomic E-state index is 5.09. The highest BCUT2D eigenvalue weighted by Gasteiger charge is 2.13. The standard InChI is InChI=1S/C5H10NOS/c1-6-2-3-7-4-5(6)8/h5,8H,1-4H2. The van der Waals surface area contributed by atoms with E-state index in [1.165, 1.54) is 0 Å². The molecule has 47 valence electrons. The van der Waals surface area contributed by atoms with Crippen LogP contribution in [-0.4, -0.2) is 30.0 Å². The highest BCUT2D eigenvalue weighted by atomic mass is 32.1. The molecule has 0 amide bonds. The Bertz CT molecular complexity index is 68.8. The van der Waals surface area contributed by atoms with Crippen LogP contribution in [0.15, 0.2) is 0 Å². The van der Waals surface area contributed by atoms with Crippen LogP contribution < -0.4 is 0 Å². The second-order valence-corrected chi connectivity index (χ2v) is 2.46. The van der Waals surface area contributed by atoms with Crippen molar-refractivity contribution in [2.45, 2.75) is 5.37 Å². The lowest BCUT2D eigenvalue weighted by atomic mass is 10.5. The Kier molecular flexibility index (Phi) is 2.16. The van der Waals surface area contributed by atoms with Gasteiger partial charge in [0.1, 0.15) is 0 Å². The number of rotatable bonds is 0. The smallest absolute Gasteiger partial charge is 0.0766 e. The van der Waals surface area contributed by atoms with Crippen LogP contribution in [0.2, 0.25) is 0 Å². The van der Waals surface area contributed by atoms with Crippen LogP contribution >= 0.6 is 12.6 Å². The number of thiol groups is 1. The number of hydrogen-bond donors (Lipinski definition) is 1. The molecular formula is C5H10NOS. The fraction of sp³-hybridized carbons (Fsp3) is 0.800. The molecule has 0 aromatic carbocycles. The van der Waals surface area contributed by atoms with Gasteiger partial charge in [0.2, 0.25) is 0 Å². The first kappa shape index (κ1) is 6.39. The molecule has 0 aromatic rings. The van der Waals surface area contributed by atoms with E-state index in [0.717, 1.165) is 13.2 Å². The molecule has 1 atom stereocenters. The van der Waals surface area contributed by atoms with Crippen molar-refractivity contribution in [3.63, 3.8) is 0 Å². The monoisotopic (exact) mass is 132 g/mol. The lowest BCUT2D eigenvalue weighted by Crippen LogP contribution is -2.37. The molecule has 1 saturated heterocycles. The van der Waals surface area contributed by atoms with E-state index in [9.17, 15) is 0 Å². The molecule has 0 N–H and O–H groups in total. The summed E-state index contributed by atoms with van der Waals surface area (Å²) in [7, 11) is 3.76. The Balaban J connectivity index is 2.28. The first-order valence-corrected chi connectivity index (χ1v) is 3.15. The van der Waals surface area contributed by atoms with Crippen molar-refractivity contribution in [3.8, 4) is 0 Å². The van der Waals surface area contributed by atoms with Crippen LogP contribution in [0.5, 0.6) is 0 Å². The first-order valence-electron chi connectivity index (χ1n) is 2.63. The lowest BCUT2D eigenvalue weighted by molar-refractivity contribution is 0.0465. The number of hydrogen-bond acceptors (Lipinski definition) is 3. The summed E-state index contributed by atoms with van der Waals surface area (Å²) in [6, 6.07) is 0. The van der Waals surface area contributed by atoms with E-state index in [0.29, 0.717) is 6.61 Å². The summed E-state index contributed by atoms with van der Waals surface area (Å²) in [5.74, 6) is 0. The third-order valence-corrected chi connectivity index (χ3v) is 1.69. The van der Waals surface area contributed by atoms with E-state index < -0.39 is 0 Å². The maximum Gasteiger partial charge on any atom is 0.0766 e. The Hall–Kier alpha value is 0.270. The highest BCUT2D eigenvalue weighted by Crippen LogP contribution is 2.06. The van der Waals surface area contributed by atoms with Crippen LogP contribution in [0.25, 0.3) is 0 Å². The zero-order valence-electron chi connectivity index (χ0n) is 4.71. The van der Waals surface area contributed by atoms with Gasteiger partial charge in [0.25, 0.3) is 0 Å². The molecule has 1 unspecified atom stereocenters. The van der Waals surface area contributed by atoms with Crippen molar-refractivity contribution in [3.05, 3.63) is 7.05 Å². The molecule has 3 heteroatoms. The van der Waals surface area contributed by atoms with Gasteiger partial charge < -0.3 is 4.74 Å². The van der Waals surface area contributed by atoms with Gasteiger partial charge in [-0.3, -0.25) is 4.90 Å². The first-order chi connectivity index (χ1) is 3.80. The molecule has 1 aliphatic heterocycles. The normalized spacial score (nSPS) is 33.0. The Labute approximate surface area is 55.2 Å². The number of nitrogens with zero attached hydrogens (tertiary/aromatic N) is 1. The van der Waals surface area contributed by atoms with Crippen LogP contribution in [0.4, 0.5) is 0 Å². The molecule has 1 rings (SSSR count). The summed E-state index contributed by atoms with van der Waals surface area (Å²) in [5, 5.41) is 0.198. The van der Waals surface area contributed by atoms with E-state index in [2.05, 4.69) is 19.7 Å². The van der Waals surface area contributed by atoms with Crippen molar-refractivity contribution < 1.29 is 4.74 Å². The maximum atomic E-state index is 5.09. The molecule has 2 nitrogen and oxygen atoms in total. The quantitative estimate of drug-likeness (QED) is 0.478. The summed E-state index contributed by atoms with van der Waals surface area (Å²) in [6.07, 6.45) is 0. The lowest BCUT2D eigenvalue weighted by Gasteiger charge is -2.28. The largest absolute Gasteiger partial charge is 0.378 e. The van der Waals surface area contributed by atoms with Gasteiger partial charge >= 0.3 is 0 Å². The molecule has 1 radical (unpaired) electrons. The third-order valence-electron chi connectivity index (χ3n) is 1.21. The summed E-state index contributed by atoms with van der Waals surface area (Å²) >= 11 is 4.19. The summed E-state index contributed by atoms with van der Waals surface area (Å²) in [6.45, 7) is 2.39. The number of ether oxygens (including phenoxy) is 1. The SMILES string of the molecule is [CH2]N1CCOCC1S. The molecule has 0 aromatic heterocycles. The zero-order valence-corrected chi connectivity index (χ0v) is 5.60. The van der Waals surface area contributed by atoms with Crippen LogP contribution in [-0.2, 0) is 4.74 Å². The van der Waals surface area contributed by atoms with E-state index >= 15 is 0 Å². The minimum absolute atomic E-state index is 0.198. The fourth-order valence-electron chi connectivity index (χ4n) is 0.625. The second-order valence-electron chi connectivity index (χ2n) is 1.87. The predicted molar refractivity (Wildman–Crippen MR) is 35.7 cm³/mol. The number of morpholine rings is 1. The van der Waals surface area contributed by atoms with E-state index in [1.54, 1.807) is 0 Å². The van der Waals surface area contributed by atoms with Gasteiger partial charge in [-0.05, 0) is 0 Å². The van der Waals surface area contributed by atoms with Crippen molar-refractivity contribution in [1.82, 2.24) is 4.90 Å². The Morgan fingerprint density at radius 1 is 1.75 bits per heavy atom. The molecule has 0 bridgehead atoms. The summed E-state index contributed by atoms with van der Waals surface area (Å²) < 4.78 is 5.09. The van der Waals surface area contributed by atoms with E-state index in [4.69, 9.17) is 4.74 Å². The van der Waals surface area contributed by atoms with Crippen LogP contribution in [0, 0.1) is 7.05 Å². The van der Waals surface area contributed by atoms with Gasteiger partial charge in [-0.2, -0.15) is 12.6 Å². The minimum atomic E-state index is 0.198. The molecular weight excluding hydrogens is 122 g/mol. The van der Waals surface area contributed by atoms with Crippen molar-refractivity contribution in [2.75, 3.05) is 19.8 Å². The van der Waals surface area contributed by atoms with Gasteiger partial charge in [0, 0.05) is 13.6 Å². The topological polar surface area (TPSA) is 12.5 Å². The second kappa shape index (κ2) is 2.71. The molecule has 0 spiro atoms. The van der Waals surface area contributed by atoms with Crippen LogP contribution in [0.1, 0.15) is 0 Å². The molecule has 1 aliphatic rings.